The zero-order chi connectivity index (χ0) is 19.2. The first-order valence-electron chi connectivity index (χ1n) is 8.43. The molecule has 0 atom stereocenters. The van der Waals surface area contributed by atoms with Crippen LogP contribution >= 0.6 is 0 Å². The van der Waals surface area contributed by atoms with E-state index in [0.29, 0.717) is 24.6 Å². The molecule has 1 heterocycles. The Bertz CT molecular complexity index is 976. The fourth-order valence-corrected chi connectivity index (χ4v) is 2.77. The first-order valence-corrected chi connectivity index (χ1v) is 8.43. The molecule has 0 radical (unpaired) electrons. The number of amides is 1. The molecule has 7 nitrogen and oxygen atoms in total. The Labute approximate surface area is 156 Å². The Hall–Kier alpha value is -3.48. The van der Waals surface area contributed by atoms with Crippen LogP contribution in [0.25, 0.3) is 0 Å². The minimum absolute atomic E-state index is 0.282. The lowest BCUT2D eigenvalue weighted by Crippen LogP contribution is -2.29. The second-order valence-electron chi connectivity index (χ2n) is 5.92. The first-order chi connectivity index (χ1) is 13.1. The van der Waals surface area contributed by atoms with Crippen molar-refractivity contribution in [3.63, 3.8) is 0 Å². The van der Waals surface area contributed by atoms with Gasteiger partial charge in [0.2, 0.25) is 0 Å². The molecule has 1 amide bonds. The summed E-state index contributed by atoms with van der Waals surface area (Å²) in [7, 11) is 3.12. The molecular formula is C20H21N3O4. The largest absolute Gasteiger partial charge is 0.493 e. The van der Waals surface area contributed by atoms with Gasteiger partial charge in [0, 0.05) is 12.7 Å². The van der Waals surface area contributed by atoms with Gasteiger partial charge in [-0.05, 0) is 23.3 Å². The fraction of sp³-hybridized carbons (Fsp3) is 0.200. The van der Waals surface area contributed by atoms with E-state index in [0.717, 1.165) is 11.1 Å². The van der Waals surface area contributed by atoms with Crippen molar-refractivity contribution in [1.82, 2.24) is 14.9 Å². The average Bonchev–Trinajstić information content (AvgIpc) is 3.07. The SMILES string of the molecule is COc1ccc(CNC(=O)c2c[nH]c(=O)n2Cc2ccccc2)cc1OC. The van der Waals surface area contributed by atoms with Crippen molar-refractivity contribution in [1.29, 1.82) is 0 Å². The zero-order valence-electron chi connectivity index (χ0n) is 15.2. The zero-order valence-corrected chi connectivity index (χ0v) is 15.2. The Morgan fingerprint density at radius 3 is 2.48 bits per heavy atom. The molecule has 0 fully saturated rings. The van der Waals surface area contributed by atoms with E-state index in [1.165, 1.54) is 10.8 Å². The third kappa shape index (κ3) is 4.20. The van der Waals surface area contributed by atoms with Crippen LogP contribution in [-0.4, -0.2) is 29.7 Å². The first kappa shape index (κ1) is 18.3. The Morgan fingerprint density at radius 1 is 1.04 bits per heavy atom. The molecular weight excluding hydrogens is 346 g/mol. The molecule has 3 aromatic rings. The monoisotopic (exact) mass is 367 g/mol. The van der Waals surface area contributed by atoms with E-state index in [4.69, 9.17) is 9.47 Å². The van der Waals surface area contributed by atoms with E-state index in [1.54, 1.807) is 26.4 Å². The molecule has 27 heavy (non-hydrogen) atoms. The van der Waals surface area contributed by atoms with Gasteiger partial charge in [0.25, 0.3) is 5.91 Å². The number of ether oxygens (including phenoxy) is 2. The highest BCUT2D eigenvalue weighted by molar-refractivity contribution is 5.92. The van der Waals surface area contributed by atoms with E-state index in [-0.39, 0.29) is 17.3 Å². The third-order valence-corrected chi connectivity index (χ3v) is 4.19. The van der Waals surface area contributed by atoms with Crippen LogP contribution in [0.2, 0.25) is 0 Å². The molecule has 2 aromatic carbocycles. The molecule has 140 valence electrons. The molecule has 0 bridgehead atoms. The summed E-state index contributed by atoms with van der Waals surface area (Å²) in [6.45, 7) is 0.617. The summed E-state index contributed by atoms with van der Waals surface area (Å²) in [6, 6.07) is 14.9. The van der Waals surface area contributed by atoms with Crippen LogP contribution in [0.5, 0.6) is 11.5 Å². The number of aromatic amines is 1. The van der Waals surface area contributed by atoms with E-state index < -0.39 is 0 Å². The number of methoxy groups -OCH3 is 2. The van der Waals surface area contributed by atoms with Gasteiger partial charge in [0.1, 0.15) is 5.69 Å². The summed E-state index contributed by atoms with van der Waals surface area (Å²) in [6.07, 6.45) is 1.43. The maximum Gasteiger partial charge on any atom is 0.326 e. The number of hydrogen-bond donors (Lipinski definition) is 2. The Morgan fingerprint density at radius 2 is 1.78 bits per heavy atom. The standard InChI is InChI=1S/C20H21N3O4/c1-26-17-9-8-15(10-18(17)27-2)11-21-19(24)16-12-22-20(25)23(16)13-14-6-4-3-5-7-14/h3-10,12H,11,13H2,1-2H3,(H,21,24)(H,22,25). The molecule has 2 N–H and O–H groups in total. The number of nitrogens with one attached hydrogen (secondary N) is 2. The van der Waals surface area contributed by atoms with Crippen LogP contribution in [0.1, 0.15) is 21.6 Å². The summed E-state index contributed by atoms with van der Waals surface area (Å²) < 4.78 is 11.9. The van der Waals surface area contributed by atoms with Crippen LogP contribution in [0.4, 0.5) is 0 Å². The van der Waals surface area contributed by atoms with Gasteiger partial charge in [0.15, 0.2) is 11.5 Å². The number of rotatable bonds is 7. The molecule has 0 spiro atoms. The number of carbonyl (C=O) groups is 1. The van der Waals surface area contributed by atoms with Gasteiger partial charge < -0.3 is 19.8 Å². The number of carbonyl (C=O) groups excluding carboxylic acids is 1. The van der Waals surface area contributed by atoms with Gasteiger partial charge in [-0.25, -0.2) is 4.79 Å². The summed E-state index contributed by atoms with van der Waals surface area (Å²) in [5, 5.41) is 2.83. The molecule has 1 aromatic heterocycles. The fourth-order valence-electron chi connectivity index (χ4n) is 2.77. The molecule has 7 heteroatoms. The van der Waals surface area contributed by atoms with Crippen molar-refractivity contribution in [3.8, 4) is 11.5 Å². The lowest BCUT2D eigenvalue weighted by atomic mass is 10.2. The predicted octanol–water partition coefficient (Wildman–Crippen LogP) is 2.17. The van der Waals surface area contributed by atoms with Crippen molar-refractivity contribution in [2.75, 3.05) is 14.2 Å². The lowest BCUT2D eigenvalue weighted by molar-refractivity contribution is 0.0941. The van der Waals surface area contributed by atoms with Crippen molar-refractivity contribution in [3.05, 3.63) is 82.0 Å². The summed E-state index contributed by atoms with van der Waals surface area (Å²) in [5.74, 6) is 0.876. The smallest absolute Gasteiger partial charge is 0.326 e. The molecule has 0 saturated carbocycles. The van der Waals surface area contributed by atoms with E-state index in [9.17, 15) is 9.59 Å². The molecule has 0 aliphatic carbocycles. The van der Waals surface area contributed by atoms with Crippen LogP contribution in [0.3, 0.4) is 0 Å². The minimum Gasteiger partial charge on any atom is -0.493 e. The van der Waals surface area contributed by atoms with Gasteiger partial charge in [-0.1, -0.05) is 36.4 Å². The molecule has 0 unspecified atom stereocenters. The number of H-pyrrole nitrogens is 1. The summed E-state index contributed by atoms with van der Waals surface area (Å²) in [5.41, 5.74) is 1.75. The summed E-state index contributed by atoms with van der Waals surface area (Å²) >= 11 is 0. The van der Waals surface area contributed by atoms with E-state index in [1.807, 2.05) is 36.4 Å². The number of imidazole rings is 1. The van der Waals surface area contributed by atoms with Gasteiger partial charge in [-0.15, -0.1) is 0 Å². The molecule has 0 aliphatic rings. The number of nitrogens with zero attached hydrogens (tertiary/aromatic N) is 1. The van der Waals surface area contributed by atoms with Crippen molar-refractivity contribution >= 4 is 5.91 Å². The van der Waals surface area contributed by atoms with Gasteiger partial charge in [-0.2, -0.15) is 0 Å². The predicted molar refractivity (Wildman–Crippen MR) is 101 cm³/mol. The van der Waals surface area contributed by atoms with Gasteiger partial charge >= 0.3 is 5.69 Å². The second kappa shape index (κ2) is 8.27. The van der Waals surface area contributed by atoms with Crippen LogP contribution in [-0.2, 0) is 13.1 Å². The number of aromatic nitrogens is 2. The Kier molecular flexibility index (Phi) is 5.61. The highest BCUT2D eigenvalue weighted by Gasteiger charge is 2.15. The number of hydrogen-bond acceptors (Lipinski definition) is 4. The highest BCUT2D eigenvalue weighted by Crippen LogP contribution is 2.27. The minimum atomic E-state index is -0.334. The van der Waals surface area contributed by atoms with E-state index in [2.05, 4.69) is 10.3 Å². The quantitative estimate of drug-likeness (QED) is 0.670. The van der Waals surface area contributed by atoms with Crippen molar-refractivity contribution < 1.29 is 14.3 Å². The van der Waals surface area contributed by atoms with Crippen LogP contribution < -0.4 is 20.5 Å². The van der Waals surface area contributed by atoms with Crippen molar-refractivity contribution in [2.24, 2.45) is 0 Å². The molecule has 3 rings (SSSR count). The van der Waals surface area contributed by atoms with Gasteiger partial charge in [-0.3, -0.25) is 9.36 Å². The van der Waals surface area contributed by atoms with Gasteiger partial charge in [0.05, 0.1) is 20.8 Å². The summed E-state index contributed by atoms with van der Waals surface area (Å²) in [4.78, 5) is 27.2. The molecule has 0 aliphatic heterocycles. The average molecular weight is 367 g/mol. The topological polar surface area (TPSA) is 85.4 Å². The highest BCUT2D eigenvalue weighted by atomic mass is 16.5. The van der Waals surface area contributed by atoms with Crippen LogP contribution in [0.15, 0.2) is 59.5 Å². The molecule has 0 saturated heterocycles. The second-order valence-corrected chi connectivity index (χ2v) is 5.92. The number of benzene rings is 2. The van der Waals surface area contributed by atoms with E-state index >= 15 is 0 Å². The lowest BCUT2D eigenvalue weighted by Gasteiger charge is -2.11. The normalized spacial score (nSPS) is 10.4. The van der Waals surface area contributed by atoms with Crippen molar-refractivity contribution in [2.45, 2.75) is 13.1 Å². The Balaban J connectivity index is 1.73. The van der Waals surface area contributed by atoms with Crippen LogP contribution in [0, 0.1) is 0 Å². The maximum atomic E-state index is 12.6. The maximum absolute atomic E-state index is 12.6. The third-order valence-electron chi connectivity index (χ3n) is 4.19.